The summed E-state index contributed by atoms with van der Waals surface area (Å²) in [6, 6.07) is 20.1. The van der Waals surface area contributed by atoms with Crippen molar-refractivity contribution in [3.63, 3.8) is 0 Å². The Hall–Kier alpha value is -3.87. The first-order valence-corrected chi connectivity index (χ1v) is 12.7. The summed E-state index contributed by atoms with van der Waals surface area (Å²) < 4.78 is 18.1. The Morgan fingerprint density at radius 3 is 2.46 bits per heavy atom. The Morgan fingerprint density at radius 2 is 1.73 bits per heavy atom. The Balaban J connectivity index is 1.84. The van der Waals surface area contributed by atoms with Crippen molar-refractivity contribution in [1.29, 1.82) is 0 Å². The zero-order valence-electron chi connectivity index (χ0n) is 21.9. The lowest BCUT2D eigenvalue weighted by atomic mass is 9.98. The largest absolute Gasteiger partial charge is 0.469 e. The predicted molar refractivity (Wildman–Crippen MR) is 147 cm³/mol. The Morgan fingerprint density at radius 1 is 0.973 bits per heavy atom. The molecule has 0 unspecified atom stereocenters. The minimum Gasteiger partial charge on any atom is -0.469 e. The fourth-order valence-electron chi connectivity index (χ4n) is 3.98. The number of hydrogen-bond donors (Lipinski definition) is 2. The highest BCUT2D eigenvalue weighted by atomic mass is 19.1. The van der Waals surface area contributed by atoms with Gasteiger partial charge in [0.1, 0.15) is 5.82 Å². The molecule has 0 bridgehead atoms. The number of benzene rings is 3. The van der Waals surface area contributed by atoms with Gasteiger partial charge in [0.15, 0.2) is 0 Å². The van der Waals surface area contributed by atoms with Crippen LogP contribution < -0.4 is 15.5 Å². The molecule has 3 aromatic rings. The molecular formula is C30H36FN3O3. The van der Waals surface area contributed by atoms with Crippen LogP contribution in [0.1, 0.15) is 43.7 Å². The number of nitrogens with zero attached hydrogens (tertiary/aromatic N) is 1. The molecule has 3 aromatic carbocycles. The summed E-state index contributed by atoms with van der Waals surface area (Å²) >= 11 is 0. The third-order valence-corrected chi connectivity index (χ3v) is 6.23. The fourth-order valence-corrected chi connectivity index (χ4v) is 3.98. The number of urea groups is 1. The van der Waals surface area contributed by atoms with E-state index >= 15 is 0 Å². The monoisotopic (exact) mass is 505 g/mol. The molecule has 0 spiro atoms. The van der Waals surface area contributed by atoms with Crippen LogP contribution in [-0.2, 0) is 22.5 Å². The van der Waals surface area contributed by atoms with Gasteiger partial charge in [-0.25, -0.2) is 9.18 Å². The fraction of sp³-hybridized carbons (Fsp3) is 0.333. The van der Waals surface area contributed by atoms with Crippen LogP contribution in [0.2, 0.25) is 0 Å². The molecule has 37 heavy (non-hydrogen) atoms. The van der Waals surface area contributed by atoms with Crippen LogP contribution in [0.25, 0.3) is 11.1 Å². The van der Waals surface area contributed by atoms with Gasteiger partial charge >= 0.3 is 12.0 Å². The van der Waals surface area contributed by atoms with Crippen LogP contribution in [0.4, 0.5) is 20.6 Å². The minimum absolute atomic E-state index is 0.138. The first-order chi connectivity index (χ1) is 17.9. The first-order valence-electron chi connectivity index (χ1n) is 12.7. The number of halogens is 1. The van der Waals surface area contributed by atoms with E-state index in [4.69, 9.17) is 4.74 Å². The van der Waals surface area contributed by atoms with Crippen molar-refractivity contribution in [2.45, 2.75) is 45.6 Å². The zero-order valence-corrected chi connectivity index (χ0v) is 21.9. The van der Waals surface area contributed by atoms with Crippen molar-refractivity contribution in [2.75, 3.05) is 30.9 Å². The third-order valence-electron chi connectivity index (χ3n) is 6.23. The van der Waals surface area contributed by atoms with Gasteiger partial charge in [0.25, 0.3) is 0 Å². The summed E-state index contributed by atoms with van der Waals surface area (Å²) in [5, 5.41) is 6.44. The molecule has 0 saturated heterocycles. The van der Waals surface area contributed by atoms with Crippen LogP contribution in [0, 0.1) is 5.82 Å². The summed E-state index contributed by atoms with van der Waals surface area (Å²) in [7, 11) is 3.15. The van der Waals surface area contributed by atoms with E-state index in [-0.39, 0.29) is 17.8 Å². The van der Waals surface area contributed by atoms with Crippen molar-refractivity contribution >= 4 is 23.4 Å². The molecule has 0 aliphatic heterocycles. The predicted octanol–water partition coefficient (Wildman–Crippen LogP) is 6.55. The molecule has 6 nitrogen and oxygen atoms in total. The van der Waals surface area contributed by atoms with Gasteiger partial charge in [-0.1, -0.05) is 56.2 Å². The van der Waals surface area contributed by atoms with Crippen LogP contribution in [-0.4, -0.2) is 32.7 Å². The molecule has 0 atom stereocenters. The number of methoxy groups -OCH3 is 1. The molecule has 0 heterocycles. The number of ether oxygens (including phenoxy) is 1. The standard InChI is InChI=1S/C30H36FN3O3/c1-4-5-6-18-32-30(36)34(2)26-9-7-8-24(20-26)27-16-12-22(13-17-29(35)37-3)19-28(27)33-21-23-10-14-25(31)15-11-23/h7-12,14-16,19-20,33H,4-6,13,17-18,21H2,1-3H3,(H,32,36). The number of rotatable bonds is 12. The van der Waals surface area contributed by atoms with Gasteiger partial charge in [-0.2, -0.15) is 0 Å². The molecule has 7 heteroatoms. The molecule has 196 valence electrons. The van der Waals surface area contributed by atoms with E-state index in [0.717, 1.165) is 52.9 Å². The number of amides is 2. The maximum atomic E-state index is 13.3. The third kappa shape index (κ3) is 8.34. The Bertz CT molecular complexity index is 1180. The van der Waals surface area contributed by atoms with Gasteiger partial charge < -0.3 is 15.4 Å². The lowest BCUT2D eigenvalue weighted by Crippen LogP contribution is -2.37. The maximum Gasteiger partial charge on any atom is 0.321 e. The second kappa shape index (κ2) is 14.0. The van der Waals surface area contributed by atoms with Crippen molar-refractivity contribution in [2.24, 2.45) is 0 Å². The van der Waals surface area contributed by atoms with Gasteiger partial charge in [0, 0.05) is 43.5 Å². The summed E-state index contributed by atoms with van der Waals surface area (Å²) in [5.74, 6) is -0.529. The van der Waals surface area contributed by atoms with Crippen molar-refractivity contribution < 1.29 is 18.7 Å². The molecule has 2 amide bonds. The average Bonchev–Trinajstić information content (AvgIpc) is 2.93. The maximum absolute atomic E-state index is 13.3. The normalized spacial score (nSPS) is 10.6. The van der Waals surface area contributed by atoms with Crippen LogP contribution in [0.5, 0.6) is 0 Å². The quantitative estimate of drug-likeness (QED) is 0.216. The second-order valence-corrected chi connectivity index (χ2v) is 8.98. The molecule has 0 aliphatic rings. The van der Waals surface area contributed by atoms with Crippen molar-refractivity contribution in [3.8, 4) is 11.1 Å². The Kier molecular flexibility index (Phi) is 10.5. The highest BCUT2D eigenvalue weighted by Crippen LogP contribution is 2.32. The van der Waals surface area contributed by atoms with Crippen LogP contribution in [0.15, 0.2) is 66.7 Å². The zero-order chi connectivity index (χ0) is 26.6. The molecule has 0 fully saturated rings. The number of carbonyl (C=O) groups is 2. The van der Waals surface area contributed by atoms with E-state index in [2.05, 4.69) is 17.6 Å². The number of unbranched alkanes of at least 4 members (excludes halogenated alkanes) is 2. The average molecular weight is 506 g/mol. The van der Waals surface area contributed by atoms with E-state index in [9.17, 15) is 14.0 Å². The first kappa shape index (κ1) is 27.7. The van der Waals surface area contributed by atoms with E-state index in [1.807, 2.05) is 42.5 Å². The molecule has 2 N–H and O–H groups in total. The number of anilines is 2. The van der Waals surface area contributed by atoms with Crippen molar-refractivity contribution in [3.05, 3.63) is 83.7 Å². The molecule has 0 saturated carbocycles. The van der Waals surface area contributed by atoms with Gasteiger partial charge in [-0.15, -0.1) is 0 Å². The lowest BCUT2D eigenvalue weighted by Gasteiger charge is -2.20. The van der Waals surface area contributed by atoms with Crippen LogP contribution >= 0.6 is 0 Å². The minimum atomic E-state index is -0.274. The van der Waals surface area contributed by atoms with E-state index in [1.165, 1.54) is 19.2 Å². The highest BCUT2D eigenvalue weighted by molar-refractivity contribution is 5.92. The van der Waals surface area contributed by atoms with E-state index in [1.54, 1.807) is 24.1 Å². The molecule has 0 aliphatic carbocycles. The number of nitrogens with one attached hydrogen (secondary N) is 2. The smallest absolute Gasteiger partial charge is 0.321 e. The van der Waals surface area contributed by atoms with Gasteiger partial charge in [-0.05, 0) is 59.9 Å². The molecule has 0 aromatic heterocycles. The highest BCUT2D eigenvalue weighted by Gasteiger charge is 2.13. The van der Waals surface area contributed by atoms with E-state index < -0.39 is 0 Å². The van der Waals surface area contributed by atoms with Gasteiger partial charge in [0.05, 0.1) is 7.11 Å². The second-order valence-electron chi connectivity index (χ2n) is 8.98. The number of aryl methyl sites for hydroxylation is 1. The van der Waals surface area contributed by atoms with Crippen LogP contribution in [0.3, 0.4) is 0 Å². The summed E-state index contributed by atoms with van der Waals surface area (Å²) in [6.45, 7) is 3.29. The van der Waals surface area contributed by atoms with Gasteiger partial charge in [0.2, 0.25) is 0 Å². The summed E-state index contributed by atoms with van der Waals surface area (Å²) in [6.07, 6.45) is 4.00. The molecule has 3 rings (SSSR count). The topological polar surface area (TPSA) is 70.7 Å². The van der Waals surface area contributed by atoms with E-state index in [0.29, 0.717) is 25.9 Å². The Labute approximate surface area is 218 Å². The van der Waals surface area contributed by atoms with Crippen molar-refractivity contribution in [1.82, 2.24) is 5.32 Å². The summed E-state index contributed by atoms with van der Waals surface area (Å²) in [5.41, 5.74) is 5.52. The number of esters is 1. The summed E-state index contributed by atoms with van der Waals surface area (Å²) in [4.78, 5) is 25.9. The molecule has 0 radical (unpaired) electrons. The number of hydrogen-bond acceptors (Lipinski definition) is 4. The SMILES string of the molecule is CCCCCNC(=O)N(C)c1cccc(-c2ccc(CCC(=O)OC)cc2NCc2ccc(F)cc2)c1. The lowest BCUT2D eigenvalue weighted by molar-refractivity contribution is -0.140. The number of carbonyl (C=O) groups excluding carboxylic acids is 2. The molecular weight excluding hydrogens is 469 g/mol. The van der Waals surface area contributed by atoms with Gasteiger partial charge in [-0.3, -0.25) is 9.69 Å².